The van der Waals surface area contributed by atoms with E-state index in [1.165, 1.54) is 6.07 Å². The first-order valence-electron chi connectivity index (χ1n) is 4.54. The summed E-state index contributed by atoms with van der Waals surface area (Å²) in [5.74, 6) is -1.12. The Labute approximate surface area is 87.4 Å². The van der Waals surface area contributed by atoms with Crippen LogP contribution < -0.4 is 0 Å². The Bertz CT molecular complexity index is 432. The average Bonchev–Trinajstić information content (AvgIpc) is 2.26. The van der Waals surface area contributed by atoms with Gasteiger partial charge < -0.3 is 10.2 Å². The molecule has 0 amide bonds. The van der Waals surface area contributed by atoms with Crippen molar-refractivity contribution < 1.29 is 15.0 Å². The Hall–Kier alpha value is -1.86. The van der Waals surface area contributed by atoms with Gasteiger partial charge in [-0.15, -0.1) is 0 Å². The molecule has 0 heterocycles. The lowest BCUT2D eigenvalue weighted by molar-refractivity contribution is 0.0693. The Morgan fingerprint density at radius 2 is 2.20 bits per heavy atom. The van der Waals surface area contributed by atoms with Gasteiger partial charge in [0.05, 0.1) is 23.8 Å². The molecule has 4 heteroatoms. The van der Waals surface area contributed by atoms with E-state index in [1.54, 1.807) is 6.07 Å². The van der Waals surface area contributed by atoms with Crippen LogP contribution in [0.5, 0.6) is 0 Å². The Balaban J connectivity index is 3.47. The summed E-state index contributed by atoms with van der Waals surface area (Å²) in [6, 6.07) is 4.80. The predicted molar refractivity (Wildman–Crippen MR) is 53.4 cm³/mol. The molecule has 0 saturated heterocycles. The zero-order valence-corrected chi connectivity index (χ0v) is 8.32. The fraction of sp³-hybridized carbons (Fsp3) is 0.273. The molecular weight excluding hydrogens is 194 g/mol. The highest BCUT2D eigenvalue weighted by Crippen LogP contribution is 2.18. The first-order valence-corrected chi connectivity index (χ1v) is 4.54. The third kappa shape index (κ3) is 2.14. The number of hydrogen-bond donors (Lipinski definition) is 2. The van der Waals surface area contributed by atoms with E-state index in [2.05, 4.69) is 0 Å². The second-order valence-corrected chi connectivity index (χ2v) is 3.09. The van der Waals surface area contributed by atoms with Crippen LogP contribution in [-0.4, -0.2) is 16.2 Å². The number of aliphatic hydroxyl groups is 1. The number of hydrogen-bond acceptors (Lipinski definition) is 3. The molecule has 0 spiro atoms. The molecule has 0 aromatic heterocycles. The highest BCUT2D eigenvalue weighted by atomic mass is 16.4. The summed E-state index contributed by atoms with van der Waals surface area (Å²) in [5, 5.41) is 26.7. The van der Waals surface area contributed by atoms with E-state index in [0.29, 0.717) is 23.1 Å². The van der Waals surface area contributed by atoms with Crippen LogP contribution in [0.4, 0.5) is 0 Å². The van der Waals surface area contributed by atoms with Crippen molar-refractivity contribution in [3.05, 3.63) is 34.4 Å². The van der Waals surface area contributed by atoms with E-state index >= 15 is 0 Å². The molecule has 15 heavy (non-hydrogen) atoms. The first-order chi connectivity index (χ1) is 7.13. The number of carboxylic acid groups (broad SMARTS) is 1. The maximum atomic E-state index is 10.9. The highest BCUT2D eigenvalue weighted by Gasteiger charge is 2.14. The van der Waals surface area contributed by atoms with Crippen LogP contribution in [0.3, 0.4) is 0 Å². The molecule has 1 rings (SSSR count). The normalized spacial score (nSPS) is 9.67. The van der Waals surface area contributed by atoms with Gasteiger partial charge in [-0.05, 0) is 29.7 Å². The van der Waals surface area contributed by atoms with E-state index in [0.717, 1.165) is 0 Å². The van der Waals surface area contributed by atoms with Crippen LogP contribution in [-0.2, 0) is 13.0 Å². The minimum atomic E-state index is -1.12. The lowest BCUT2D eigenvalue weighted by Crippen LogP contribution is -2.06. The van der Waals surface area contributed by atoms with Gasteiger partial charge in [0.1, 0.15) is 0 Å². The zero-order chi connectivity index (χ0) is 11.4. The van der Waals surface area contributed by atoms with Gasteiger partial charge in [-0.25, -0.2) is 4.79 Å². The minimum Gasteiger partial charge on any atom is -0.478 e. The fourth-order valence-corrected chi connectivity index (χ4v) is 1.49. The molecule has 0 radical (unpaired) electrons. The third-order valence-corrected chi connectivity index (χ3v) is 2.24. The van der Waals surface area contributed by atoms with Crippen molar-refractivity contribution in [2.45, 2.75) is 20.0 Å². The number of nitrogens with zero attached hydrogens (tertiary/aromatic N) is 1. The van der Waals surface area contributed by atoms with Gasteiger partial charge >= 0.3 is 5.97 Å². The summed E-state index contributed by atoms with van der Waals surface area (Å²) >= 11 is 0. The SMILES string of the molecule is CCc1cc(C#N)cc(C(=O)O)c1CO. The highest BCUT2D eigenvalue weighted by molar-refractivity contribution is 5.90. The van der Waals surface area contributed by atoms with Crippen molar-refractivity contribution in [1.82, 2.24) is 0 Å². The van der Waals surface area contributed by atoms with Gasteiger partial charge in [0.25, 0.3) is 0 Å². The first kappa shape index (κ1) is 11.2. The number of aromatic carboxylic acids is 1. The molecule has 0 saturated carbocycles. The lowest BCUT2D eigenvalue weighted by atomic mass is 9.97. The summed E-state index contributed by atoms with van der Waals surface area (Å²) in [5.41, 5.74) is 1.41. The van der Waals surface area contributed by atoms with Crippen molar-refractivity contribution in [2.24, 2.45) is 0 Å². The van der Waals surface area contributed by atoms with Crippen molar-refractivity contribution >= 4 is 5.97 Å². The quantitative estimate of drug-likeness (QED) is 0.779. The van der Waals surface area contributed by atoms with Gasteiger partial charge in [-0.1, -0.05) is 6.92 Å². The molecule has 0 aliphatic rings. The molecule has 0 atom stereocenters. The summed E-state index contributed by atoms with van der Waals surface area (Å²) in [4.78, 5) is 10.9. The van der Waals surface area contributed by atoms with Gasteiger partial charge in [0, 0.05) is 0 Å². The third-order valence-electron chi connectivity index (χ3n) is 2.24. The molecule has 0 aliphatic heterocycles. The molecule has 2 N–H and O–H groups in total. The van der Waals surface area contributed by atoms with E-state index in [1.807, 2.05) is 13.0 Å². The summed E-state index contributed by atoms with van der Waals surface area (Å²) < 4.78 is 0. The number of aliphatic hydroxyl groups excluding tert-OH is 1. The number of nitriles is 1. The van der Waals surface area contributed by atoms with E-state index in [9.17, 15) is 4.79 Å². The second-order valence-electron chi connectivity index (χ2n) is 3.09. The maximum absolute atomic E-state index is 10.9. The van der Waals surface area contributed by atoms with Crippen LogP contribution in [0, 0.1) is 11.3 Å². The molecule has 0 bridgehead atoms. The minimum absolute atomic E-state index is 0.00778. The van der Waals surface area contributed by atoms with Gasteiger partial charge in [-0.2, -0.15) is 5.26 Å². The standard InChI is InChI=1S/C11H11NO3/c1-2-8-3-7(5-12)4-9(11(14)15)10(8)6-13/h3-4,13H,2,6H2,1H3,(H,14,15). The largest absolute Gasteiger partial charge is 0.478 e. The van der Waals surface area contributed by atoms with E-state index in [4.69, 9.17) is 15.5 Å². The molecule has 0 unspecified atom stereocenters. The van der Waals surface area contributed by atoms with E-state index < -0.39 is 5.97 Å². The maximum Gasteiger partial charge on any atom is 0.336 e. The number of carbonyl (C=O) groups is 1. The van der Waals surface area contributed by atoms with Crippen molar-refractivity contribution in [1.29, 1.82) is 5.26 Å². The number of carboxylic acids is 1. The molecule has 4 nitrogen and oxygen atoms in total. The van der Waals surface area contributed by atoms with Gasteiger partial charge in [0.15, 0.2) is 0 Å². The second kappa shape index (κ2) is 4.58. The monoisotopic (exact) mass is 205 g/mol. The summed E-state index contributed by atoms with van der Waals surface area (Å²) in [6.45, 7) is 1.53. The van der Waals surface area contributed by atoms with Crippen LogP contribution >= 0.6 is 0 Å². The number of aryl methyl sites for hydroxylation is 1. The average molecular weight is 205 g/mol. The van der Waals surface area contributed by atoms with Crippen LogP contribution in [0.15, 0.2) is 12.1 Å². The van der Waals surface area contributed by atoms with E-state index in [-0.39, 0.29) is 12.2 Å². The van der Waals surface area contributed by atoms with Crippen molar-refractivity contribution in [2.75, 3.05) is 0 Å². The molecule has 0 aliphatic carbocycles. The smallest absolute Gasteiger partial charge is 0.336 e. The Morgan fingerprint density at radius 3 is 2.60 bits per heavy atom. The van der Waals surface area contributed by atoms with Gasteiger partial charge in [0.2, 0.25) is 0 Å². The molecule has 78 valence electrons. The fourth-order valence-electron chi connectivity index (χ4n) is 1.49. The van der Waals surface area contributed by atoms with Crippen LogP contribution in [0.2, 0.25) is 0 Å². The van der Waals surface area contributed by atoms with Crippen LogP contribution in [0.25, 0.3) is 0 Å². The molecular formula is C11H11NO3. The number of rotatable bonds is 3. The zero-order valence-electron chi connectivity index (χ0n) is 8.32. The Kier molecular flexibility index (Phi) is 3.42. The molecule has 1 aromatic rings. The molecule has 0 fully saturated rings. The predicted octanol–water partition coefficient (Wildman–Crippen LogP) is 1.31. The van der Waals surface area contributed by atoms with Crippen LogP contribution in [0.1, 0.15) is 34.0 Å². The van der Waals surface area contributed by atoms with Crippen molar-refractivity contribution in [3.8, 4) is 6.07 Å². The lowest BCUT2D eigenvalue weighted by Gasteiger charge is -2.09. The summed E-state index contributed by atoms with van der Waals surface area (Å²) in [6.07, 6.45) is 0.589. The summed E-state index contributed by atoms with van der Waals surface area (Å²) in [7, 11) is 0. The molecule has 1 aromatic carbocycles. The Morgan fingerprint density at radius 1 is 1.53 bits per heavy atom. The van der Waals surface area contributed by atoms with Gasteiger partial charge in [-0.3, -0.25) is 0 Å². The topological polar surface area (TPSA) is 81.3 Å². The number of benzene rings is 1. The van der Waals surface area contributed by atoms with Crippen molar-refractivity contribution in [3.63, 3.8) is 0 Å².